The maximum Gasteiger partial charge on any atom is 0.129 e. The second-order valence-corrected chi connectivity index (χ2v) is 4.53. The molecule has 1 heterocycles. The minimum Gasteiger partial charge on any atom is -0.300 e. The lowest BCUT2D eigenvalue weighted by Gasteiger charge is -1.97. The molecule has 0 saturated carbocycles. The minimum absolute atomic E-state index is 0.288. The topological polar surface area (TPSA) is 34.9 Å². The predicted molar refractivity (Wildman–Crippen MR) is 58.5 cm³/mol. The molecule has 0 bridgehead atoms. The van der Waals surface area contributed by atoms with Crippen molar-refractivity contribution in [3.05, 3.63) is 12.4 Å². The first-order valence-corrected chi connectivity index (χ1v) is 5.78. The summed E-state index contributed by atoms with van der Waals surface area (Å²) in [5.41, 5.74) is 0. The van der Waals surface area contributed by atoms with Crippen LogP contribution in [0.2, 0.25) is 0 Å². The van der Waals surface area contributed by atoms with Gasteiger partial charge in [-0.05, 0) is 25.5 Å². The SMILES string of the molecule is CC(=O)CCCCSc1cnn(C)c1. The Morgan fingerprint density at radius 1 is 1.57 bits per heavy atom. The van der Waals surface area contributed by atoms with E-state index in [0.29, 0.717) is 6.42 Å². The van der Waals surface area contributed by atoms with Gasteiger partial charge in [0, 0.05) is 24.6 Å². The summed E-state index contributed by atoms with van der Waals surface area (Å²) in [5, 5.41) is 4.09. The molecule has 0 fully saturated rings. The van der Waals surface area contributed by atoms with Crippen molar-refractivity contribution < 1.29 is 4.79 Å². The Morgan fingerprint density at radius 2 is 2.36 bits per heavy atom. The molecule has 78 valence electrons. The summed E-state index contributed by atoms with van der Waals surface area (Å²) >= 11 is 1.80. The van der Waals surface area contributed by atoms with E-state index >= 15 is 0 Å². The second kappa shape index (κ2) is 5.86. The van der Waals surface area contributed by atoms with E-state index in [1.165, 1.54) is 4.90 Å². The first-order chi connectivity index (χ1) is 6.68. The second-order valence-electron chi connectivity index (χ2n) is 3.36. The average molecular weight is 212 g/mol. The third kappa shape index (κ3) is 4.46. The number of unbranched alkanes of at least 4 members (excludes halogenated alkanes) is 1. The number of carbonyl (C=O) groups is 1. The van der Waals surface area contributed by atoms with Crippen LogP contribution < -0.4 is 0 Å². The van der Waals surface area contributed by atoms with E-state index in [1.54, 1.807) is 23.4 Å². The Balaban J connectivity index is 2.07. The molecule has 4 heteroatoms. The monoisotopic (exact) mass is 212 g/mol. The number of Topliss-reactive ketones (excluding diaryl/α,β-unsaturated/α-hetero) is 1. The minimum atomic E-state index is 0.288. The van der Waals surface area contributed by atoms with Crippen LogP contribution >= 0.6 is 11.8 Å². The van der Waals surface area contributed by atoms with Gasteiger partial charge in [-0.15, -0.1) is 11.8 Å². The Bertz CT molecular complexity index is 296. The standard InChI is InChI=1S/C10H16N2OS/c1-9(13)5-3-4-6-14-10-7-11-12(2)8-10/h7-8H,3-6H2,1-2H3. The molecule has 14 heavy (non-hydrogen) atoms. The number of aryl methyl sites for hydroxylation is 1. The van der Waals surface area contributed by atoms with Crippen molar-refractivity contribution in [3.63, 3.8) is 0 Å². The average Bonchev–Trinajstić information content (AvgIpc) is 2.50. The summed E-state index contributed by atoms with van der Waals surface area (Å²) in [5.74, 6) is 1.36. The van der Waals surface area contributed by atoms with E-state index in [0.717, 1.165) is 18.6 Å². The Kier molecular flexibility index (Phi) is 4.73. The highest BCUT2D eigenvalue weighted by molar-refractivity contribution is 7.99. The molecule has 0 aromatic carbocycles. The zero-order chi connectivity index (χ0) is 10.4. The van der Waals surface area contributed by atoms with Gasteiger partial charge in [-0.1, -0.05) is 0 Å². The van der Waals surface area contributed by atoms with E-state index < -0.39 is 0 Å². The van der Waals surface area contributed by atoms with Crippen molar-refractivity contribution in [2.75, 3.05) is 5.75 Å². The van der Waals surface area contributed by atoms with Crippen LogP contribution in [0.5, 0.6) is 0 Å². The molecule has 0 N–H and O–H groups in total. The van der Waals surface area contributed by atoms with Crippen LogP contribution in [0.25, 0.3) is 0 Å². The van der Waals surface area contributed by atoms with Gasteiger partial charge in [-0.2, -0.15) is 5.10 Å². The van der Waals surface area contributed by atoms with E-state index in [2.05, 4.69) is 5.10 Å². The van der Waals surface area contributed by atoms with Crippen molar-refractivity contribution in [2.45, 2.75) is 31.1 Å². The summed E-state index contributed by atoms with van der Waals surface area (Å²) in [6.07, 6.45) is 6.70. The Hall–Kier alpha value is -0.770. The summed E-state index contributed by atoms with van der Waals surface area (Å²) in [4.78, 5) is 11.9. The van der Waals surface area contributed by atoms with Gasteiger partial charge in [-0.25, -0.2) is 0 Å². The summed E-state index contributed by atoms with van der Waals surface area (Å²) < 4.78 is 1.80. The highest BCUT2D eigenvalue weighted by Crippen LogP contribution is 2.18. The molecule has 0 unspecified atom stereocenters. The lowest BCUT2D eigenvalue weighted by molar-refractivity contribution is -0.117. The van der Waals surface area contributed by atoms with Crippen molar-refractivity contribution >= 4 is 17.5 Å². The van der Waals surface area contributed by atoms with Crippen molar-refractivity contribution in [2.24, 2.45) is 7.05 Å². The van der Waals surface area contributed by atoms with Crippen LogP contribution in [0, 0.1) is 0 Å². The number of nitrogens with zero attached hydrogens (tertiary/aromatic N) is 2. The number of rotatable bonds is 6. The molecular weight excluding hydrogens is 196 g/mol. The van der Waals surface area contributed by atoms with Gasteiger partial charge in [0.2, 0.25) is 0 Å². The number of carbonyl (C=O) groups excluding carboxylic acids is 1. The fourth-order valence-corrected chi connectivity index (χ4v) is 2.07. The maximum absolute atomic E-state index is 10.7. The number of hydrogen-bond acceptors (Lipinski definition) is 3. The number of hydrogen-bond donors (Lipinski definition) is 0. The van der Waals surface area contributed by atoms with Gasteiger partial charge in [0.15, 0.2) is 0 Å². The molecule has 0 aliphatic heterocycles. The quantitative estimate of drug-likeness (QED) is 0.536. The lowest BCUT2D eigenvalue weighted by Crippen LogP contribution is -1.90. The van der Waals surface area contributed by atoms with E-state index in [9.17, 15) is 4.79 Å². The first kappa shape index (κ1) is 11.3. The number of thioether (sulfide) groups is 1. The van der Waals surface area contributed by atoms with Crippen LogP contribution in [0.1, 0.15) is 26.2 Å². The van der Waals surface area contributed by atoms with Crippen LogP contribution in [0.3, 0.4) is 0 Å². The van der Waals surface area contributed by atoms with Crippen molar-refractivity contribution in [1.82, 2.24) is 9.78 Å². The molecule has 1 rings (SSSR count). The van der Waals surface area contributed by atoms with E-state index in [-0.39, 0.29) is 5.78 Å². The molecule has 0 amide bonds. The highest BCUT2D eigenvalue weighted by Gasteiger charge is 1.97. The molecule has 1 aromatic rings. The fourth-order valence-electron chi connectivity index (χ4n) is 1.14. The summed E-state index contributed by atoms with van der Waals surface area (Å²) in [7, 11) is 1.92. The van der Waals surface area contributed by atoms with Crippen molar-refractivity contribution in [1.29, 1.82) is 0 Å². The van der Waals surface area contributed by atoms with Gasteiger partial charge in [0.05, 0.1) is 6.20 Å². The summed E-state index contributed by atoms with van der Waals surface area (Å²) in [6, 6.07) is 0. The molecule has 0 spiro atoms. The van der Waals surface area contributed by atoms with Crippen molar-refractivity contribution in [3.8, 4) is 0 Å². The number of ketones is 1. The summed E-state index contributed by atoms with van der Waals surface area (Å²) in [6.45, 7) is 1.65. The molecular formula is C10H16N2OS. The zero-order valence-electron chi connectivity index (χ0n) is 8.69. The molecule has 0 aliphatic carbocycles. The number of aromatic nitrogens is 2. The van der Waals surface area contributed by atoms with Gasteiger partial charge < -0.3 is 4.79 Å². The first-order valence-electron chi connectivity index (χ1n) is 4.79. The van der Waals surface area contributed by atoms with E-state index in [4.69, 9.17) is 0 Å². The van der Waals surface area contributed by atoms with Crippen LogP contribution in [0.15, 0.2) is 17.3 Å². The third-order valence-corrected chi connectivity index (χ3v) is 2.91. The maximum atomic E-state index is 10.7. The predicted octanol–water partition coefficient (Wildman–Crippen LogP) is 2.27. The zero-order valence-corrected chi connectivity index (χ0v) is 9.51. The molecule has 0 atom stereocenters. The molecule has 0 radical (unpaired) electrons. The largest absolute Gasteiger partial charge is 0.300 e. The third-order valence-electron chi connectivity index (χ3n) is 1.87. The van der Waals surface area contributed by atoms with Gasteiger partial charge >= 0.3 is 0 Å². The van der Waals surface area contributed by atoms with Gasteiger partial charge in [0.1, 0.15) is 5.78 Å². The fraction of sp³-hybridized carbons (Fsp3) is 0.600. The van der Waals surface area contributed by atoms with Gasteiger partial charge in [0.25, 0.3) is 0 Å². The highest BCUT2D eigenvalue weighted by atomic mass is 32.2. The Morgan fingerprint density at radius 3 is 2.93 bits per heavy atom. The van der Waals surface area contributed by atoms with Gasteiger partial charge in [-0.3, -0.25) is 4.68 Å². The Labute approximate surface area is 88.9 Å². The molecule has 3 nitrogen and oxygen atoms in total. The smallest absolute Gasteiger partial charge is 0.129 e. The molecule has 0 saturated heterocycles. The molecule has 0 aliphatic rings. The molecule has 1 aromatic heterocycles. The van der Waals surface area contributed by atoms with Crippen LogP contribution in [0.4, 0.5) is 0 Å². The normalized spacial score (nSPS) is 10.4. The van der Waals surface area contributed by atoms with Crippen LogP contribution in [-0.2, 0) is 11.8 Å². The van der Waals surface area contributed by atoms with E-state index in [1.807, 2.05) is 19.4 Å². The lowest BCUT2D eigenvalue weighted by atomic mass is 10.2. The van der Waals surface area contributed by atoms with Crippen LogP contribution in [-0.4, -0.2) is 21.3 Å².